The summed E-state index contributed by atoms with van der Waals surface area (Å²) < 4.78 is 0. The van der Waals surface area contributed by atoms with E-state index in [1.165, 1.54) is 12.0 Å². The molecule has 2 heterocycles. The lowest BCUT2D eigenvalue weighted by Gasteiger charge is -2.18. The first-order valence-corrected chi connectivity index (χ1v) is 5.23. The Morgan fingerprint density at radius 1 is 1.64 bits per heavy atom. The van der Waals surface area contributed by atoms with Gasteiger partial charge in [0.25, 0.3) is 0 Å². The van der Waals surface area contributed by atoms with Crippen molar-refractivity contribution in [3.8, 4) is 0 Å². The number of nitrogens with zero attached hydrogens (tertiary/aromatic N) is 1. The smallest absolute Gasteiger partial charge is 0.0315 e. The lowest BCUT2D eigenvalue weighted by atomic mass is 10.1. The predicted molar refractivity (Wildman–Crippen MR) is 57.1 cm³/mol. The van der Waals surface area contributed by atoms with Crippen molar-refractivity contribution in [1.29, 1.82) is 0 Å². The molecule has 0 saturated carbocycles. The number of pyridine rings is 1. The van der Waals surface area contributed by atoms with Gasteiger partial charge in [0, 0.05) is 31.0 Å². The fourth-order valence-corrected chi connectivity index (χ4v) is 1.88. The van der Waals surface area contributed by atoms with Gasteiger partial charge in [-0.3, -0.25) is 4.98 Å². The van der Waals surface area contributed by atoms with Crippen LogP contribution in [0.4, 0.5) is 0 Å². The van der Waals surface area contributed by atoms with E-state index in [1.807, 2.05) is 18.5 Å². The summed E-state index contributed by atoms with van der Waals surface area (Å²) in [6.07, 6.45) is 4.97. The van der Waals surface area contributed by atoms with Crippen molar-refractivity contribution in [3.63, 3.8) is 0 Å². The zero-order valence-electron chi connectivity index (χ0n) is 8.53. The quantitative estimate of drug-likeness (QED) is 0.751. The van der Waals surface area contributed by atoms with E-state index in [4.69, 9.17) is 0 Å². The standard InChI is InChI=1S/C11H17N3/c1-9(10-3-2-5-12-7-10)14-11-4-6-13-8-11/h2-3,5,7,9,11,13-14H,4,6,8H2,1H3/t9-,11?/m1/s1. The van der Waals surface area contributed by atoms with Gasteiger partial charge < -0.3 is 10.6 Å². The number of hydrogen-bond acceptors (Lipinski definition) is 3. The Kier molecular flexibility index (Phi) is 3.11. The molecule has 1 aliphatic heterocycles. The van der Waals surface area contributed by atoms with Gasteiger partial charge in [0.05, 0.1) is 0 Å². The minimum absolute atomic E-state index is 0.397. The molecule has 3 heteroatoms. The van der Waals surface area contributed by atoms with E-state index in [9.17, 15) is 0 Å². The van der Waals surface area contributed by atoms with Crippen LogP contribution in [0.25, 0.3) is 0 Å². The molecule has 14 heavy (non-hydrogen) atoms. The molecule has 0 radical (unpaired) electrons. The summed E-state index contributed by atoms with van der Waals surface area (Å²) in [5.74, 6) is 0. The monoisotopic (exact) mass is 191 g/mol. The van der Waals surface area contributed by atoms with Crippen LogP contribution in [0, 0.1) is 0 Å². The summed E-state index contributed by atoms with van der Waals surface area (Å²) in [7, 11) is 0. The summed E-state index contributed by atoms with van der Waals surface area (Å²) in [6.45, 7) is 4.41. The maximum Gasteiger partial charge on any atom is 0.0315 e. The molecule has 0 spiro atoms. The highest BCUT2D eigenvalue weighted by molar-refractivity contribution is 5.13. The number of aromatic nitrogens is 1. The molecule has 0 aliphatic carbocycles. The summed E-state index contributed by atoms with van der Waals surface area (Å²) in [5, 5.41) is 6.94. The SMILES string of the molecule is C[C@@H](NC1CCNC1)c1cccnc1. The number of rotatable bonds is 3. The predicted octanol–water partition coefficient (Wildman–Crippen LogP) is 1.09. The molecular formula is C11H17N3. The maximum atomic E-state index is 4.12. The van der Waals surface area contributed by atoms with Crippen LogP contribution in [0.15, 0.2) is 24.5 Å². The van der Waals surface area contributed by atoms with Gasteiger partial charge in [-0.25, -0.2) is 0 Å². The molecule has 0 bridgehead atoms. The van der Waals surface area contributed by atoms with Gasteiger partial charge in [0.2, 0.25) is 0 Å². The number of hydrogen-bond donors (Lipinski definition) is 2. The van der Waals surface area contributed by atoms with Crippen LogP contribution >= 0.6 is 0 Å². The minimum atomic E-state index is 0.397. The molecule has 1 aromatic rings. The van der Waals surface area contributed by atoms with Gasteiger partial charge in [-0.05, 0) is 31.5 Å². The summed E-state index contributed by atoms with van der Waals surface area (Å²) in [6, 6.07) is 5.12. The first-order chi connectivity index (χ1) is 6.86. The van der Waals surface area contributed by atoms with Gasteiger partial charge in [-0.2, -0.15) is 0 Å². The fourth-order valence-electron chi connectivity index (χ4n) is 1.88. The zero-order chi connectivity index (χ0) is 9.80. The lowest BCUT2D eigenvalue weighted by molar-refractivity contribution is 0.477. The fraction of sp³-hybridized carbons (Fsp3) is 0.545. The van der Waals surface area contributed by atoms with Gasteiger partial charge in [-0.15, -0.1) is 0 Å². The first kappa shape index (κ1) is 9.62. The van der Waals surface area contributed by atoms with Gasteiger partial charge in [-0.1, -0.05) is 6.07 Å². The molecule has 0 aromatic carbocycles. The molecule has 3 nitrogen and oxygen atoms in total. The van der Waals surface area contributed by atoms with Crippen molar-refractivity contribution in [2.75, 3.05) is 13.1 Å². The second kappa shape index (κ2) is 4.53. The van der Waals surface area contributed by atoms with E-state index in [0.29, 0.717) is 12.1 Å². The molecule has 2 rings (SSSR count). The topological polar surface area (TPSA) is 37.0 Å². The summed E-state index contributed by atoms with van der Waals surface area (Å²) >= 11 is 0. The Morgan fingerprint density at radius 2 is 2.57 bits per heavy atom. The van der Waals surface area contributed by atoms with Crippen LogP contribution in [-0.2, 0) is 0 Å². The molecule has 2 N–H and O–H groups in total. The molecule has 1 fully saturated rings. The zero-order valence-corrected chi connectivity index (χ0v) is 8.53. The van der Waals surface area contributed by atoms with E-state index in [1.54, 1.807) is 0 Å². The molecule has 76 valence electrons. The van der Waals surface area contributed by atoms with E-state index in [2.05, 4.69) is 28.6 Å². The van der Waals surface area contributed by atoms with E-state index in [-0.39, 0.29) is 0 Å². The summed E-state index contributed by atoms with van der Waals surface area (Å²) in [4.78, 5) is 4.12. The Balaban J connectivity index is 1.92. The Labute approximate surface area is 84.9 Å². The van der Waals surface area contributed by atoms with Crippen molar-refractivity contribution >= 4 is 0 Å². The Hall–Kier alpha value is -0.930. The minimum Gasteiger partial charge on any atom is -0.315 e. The molecule has 2 atom stereocenters. The third-order valence-electron chi connectivity index (χ3n) is 2.73. The third-order valence-corrected chi connectivity index (χ3v) is 2.73. The molecule has 1 aromatic heterocycles. The highest BCUT2D eigenvalue weighted by Crippen LogP contribution is 2.12. The van der Waals surface area contributed by atoms with Gasteiger partial charge >= 0.3 is 0 Å². The van der Waals surface area contributed by atoms with Crippen LogP contribution < -0.4 is 10.6 Å². The maximum absolute atomic E-state index is 4.12. The van der Waals surface area contributed by atoms with Gasteiger partial charge in [0.1, 0.15) is 0 Å². The second-order valence-electron chi connectivity index (χ2n) is 3.86. The first-order valence-electron chi connectivity index (χ1n) is 5.23. The lowest BCUT2D eigenvalue weighted by Crippen LogP contribution is -2.33. The van der Waals surface area contributed by atoms with E-state index in [0.717, 1.165) is 13.1 Å². The van der Waals surface area contributed by atoms with Crippen LogP contribution in [0.3, 0.4) is 0 Å². The highest BCUT2D eigenvalue weighted by atomic mass is 15.0. The molecule has 1 saturated heterocycles. The van der Waals surface area contributed by atoms with Crippen molar-refractivity contribution in [3.05, 3.63) is 30.1 Å². The van der Waals surface area contributed by atoms with Crippen molar-refractivity contribution in [2.45, 2.75) is 25.4 Å². The van der Waals surface area contributed by atoms with Crippen LogP contribution in [0.2, 0.25) is 0 Å². The van der Waals surface area contributed by atoms with Crippen molar-refractivity contribution < 1.29 is 0 Å². The average Bonchev–Trinajstić information content (AvgIpc) is 2.72. The summed E-state index contributed by atoms with van der Waals surface area (Å²) in [5.41, 5.74) is 1.26. The molecular weight excluding hydrogens is 174 g/mol. The number of nitrogens with one attached hydrogen (secondary N) is 2. The van der Waals surface area contributed by atoms with Crippen molar-refractivity contribution in [2.24, 2.45) is 0 Å². The third kappa shape index (κ3) is 2.30. The van der Waals surface area contributed by atoms with Gasteiger partial charge in [0.15, 0.2) is 0 Å². The van der Waals surface area contributed by atoms with Crippen LogP contribution in [0.1, 0.15) is 24.9 Å². The molecule has 0 amide bonds. The Bertz CT molecular complexity index is 267. The largest absolute Gasteiger partial charge is 0.315 e. The van der Waals surface area contributed by atoms with Crippen LogP contribution in [-0.4, -0.2) is 24.1 Å². The second-order valence-corrected chi connectivity index (χ2v) is 3.86. The Morgan fingerprint density at radius 3 is 3.21 bits per heavy atom. The normalized spacial score (nSPS) is 23.6. The van der Waals surface area contributed by atoms with Crippen molar-refractivity contribution in [1.82, 2.24) is 15.6 Å². The molecule has 1 aliphatic rings. The average molecular weight is 191 g/mol. The molecule has 1 unspecified atom stereocenters. The van der Waals surface area contributed by atoms with Crippen LogP contribution in [0.5, 0.6) is 0 Å². The van der Waals surface area contributed by atoms with E-state index >= 15 is 0 Å². The highest BCUT2D eigenvalue weighted by Gasteiger charge is 2.16. The van der Waals surface area contributed by atoms with E-state index < -0.39 is 0 Å².